The van der Waals surface area contributed by atoms with Crippen molar-refractivity contribution in [2.24, 2.45) is 5.41 Å². The van der Waals surface area contributed by atoms with Crippen LogP contribution in [0.5, 0.6) is 11.5 Å². The highest BCUT2D eigenvalue weighted by molar-refractivity contribution is 5.80. The first-order valence-electron chi connectivity index (χ1n) is 7.41. The van der Waals surface area contributed by atoms with Crippen LogP contribution in [-0.4, -0.2) is 50.5 Å². The number of hydrogen-bond donors (Lipinski definition) is 2. The molecule has 1 saturated heterocycles. The maximum absolute atomic E-state index is 11.9. The van der Waals surface area contributed by atoms with Crippen LogP contribution in [0.3, 0.4) is 0 Å². The number of benzene rings is 1. The summed E-state index contributed by atoms with van der Waals surface area (Å²) in [5, 5.41) is 12.1. The molecule has 0 saturated carbocycles. The Balaban J connectivity index is 1.86. The van der Waals surface area contributed by atoms with Gasteiger partial charge in [-0.25, -0.2) is 0 Å². The fraction of sp³-hybridized carbons (Fsp3) is 0.500. The number of methoxy groups -OCH3 is 1. The highest BCUT2D eigenvalue weighted by Gasteiger charge is 2.40. The standard InChI is InChI=1S/C16H21NO6/c1-21-12-4-2-3-5-13(12)23-10-14(18)17-11-16(15(19)20)6-8-22-9-7-16/h2-5H,6-11H2,1H3,(H,17,18)(H,19,20). The van der Waals surface area contributed by atoms with Gasteiger partial charge >= 0.3 is 5.97 Å². The first-order valence-corrected chi connectivity index (χ1v) is 7.41. The van der Waals surface area contributed by atoms with E-state index in [-0.39, 0.29) is 19.1 Å². The van der Waals surface area contributed by atoms with Crippen molar-refractivity contribution in [3.8, 4) is 11.5 Å². The molecular formula is C16H21NO6. The molecule has 1 aromatic rings. The number of ether oxygens (including phenoxy) is 3. The molecule has 23 heavy (non-hydrogen) atoms. The van der Waals surface area contributed by atoms with Crippen molar-refractivity contribution in [3.63, 3.8) is 0 Å². The number of hydrogen-bond acceptors (Lipinski definition) is 5. The predicted molar refractivity (Wildman–Crippen MR) is 81.6 cm³/mol. The van der Waals surface area contributed by atoms with Crippen LogP contribution in [-0.2, 0) is 14.3 Å². The summed E-state index contributed by atoms with van der Waals surface area (Å²) >= 11 is 0. The number of carbonyl (C=O) groups excluding carboxylic acids is 1. The van der Waals surface area contributed by atoms with Gasteiger partial charge in [0.1, 0.15) is 0 Å². The molecule has 0 aromatic heterocycles. The number of amides is 1. The van der Waals surface area contributed by atoms with Crippen LogP contribution in [0.1, 0.15) is 12.8 Å². The Morgan fingerprint density at radius 1 is 1.26 bits per heavy atom. The molecule has 0 radical (unpaired) electrons. The highest BCUT2D eigenvalue weighted by atomic mass is 16.5. The fourth-order valence-electron chi connectivity index (χ4n) is 2.43. The Morgan fingerprint density at radius 2 is 1.91 bits per heavy atom. The molecule has 1 aromatic carbocycles. The lowest BCUT2D eigenvalue weighted by Gasteiger charge is -2.33. The molecule has 2 rings (SSSR count). The number of carboxylic acids is 1. The van der Waals surface area contributed by atoms with E-state index in [2.05, 4.69) is 5.32 Å². The highest BCUT2D eigenvalue weighted by Crippen LogP contribution is 2.30. The van der Waals surface area contributed by atoms with Crippen LogP contribution in [0.25, 0.3) is 0 Å². The normalized spacial score (nSPS) is 16.4. The lowest BCUT2D eigenvalue weighted by atomic mass is 9.80. The third kappa shape index (κ3) is 4.35. The molecule has 0 aliphatic carbocycles. The molecule has 1 amide bonds. The van der Waals surface area contributed by atoms with E-state index in [9.17, 15) is 14.7 Å². The quantitative estimate of drug-likeness (QED) is 0.779. The van der Waals surface area contributed by atoms with E-state index in [0.29, 0.717) is 37.6 Å². The van der Waals surface area contributed by atoms with E-state index in [0.717, 1.165) is 0 Å². The van der Waals surface area contributed by atoms with Crippen molar-refractivity contribution in [1.29, 1.82) is 0 Å². The summed E-state index contributed by atoms with van der Waals surface area (Å²) in [4.78, 5) is 23.4. The molecule has 0 atom stereocenters. The van der Waals surface area contributed by atoms with E-state index >= 15 is 0 Å². The maximum atomic E-state index is 11.9. The zero-order valence-electron chi connectivity index (χ0n) is 13.0. The molecule has 1 aliphatic rings. The van der Waals surface area contributed by atoms with E-state index in [1.165, 1.54) is 7.11 Å². The summed E-state index contributed by atoms with van der Waals surface area (Å²) in [6.45, 7) is 0.645. The minimum absolute atomic E-state index is 0.0693. The van der Waals surface area contributed by atoms with Gasteiger partial charge in [0, 0.05) is 19.8 Å². The first-order chi connectivity index (χ1) is 11.1. The predicted octanol–water partition coefficient (Wildman–Crippen LogP) is 1.07. The summed E-state index contributed by atoms with van der Waals surface area (Å²) in [5.74, 6) is -0.286. The van der Waals surface area contributed by atoms with Crippen LogP contribution in [0.15, 0.2) is 24.3 Å². The van der Waals surface area contributed by atoms with Crippen LogP contribution >= 0.6 is 0 Å². The molecule has 1 heterocycles. The van der Waals surface area contributed by atoms with Gasteiger partial charge in [-0.3, -0.25) is 9.59 Å². The number of carbonyl (C=O) groups is 2. The topological polar surface area (TPSA) is 94.1 Å². The minimum Gasteiger partial charge on any atom is -0.493 e. The summed E-state index contributed by atoms with van der Waals surface area (Å²) in [7, 11) is 1.52. The first kappa shape index (κ1) is 17.1. The lowest BCUT2D eigenvalue weighted by Crippen LogP contribution is -2.47. The van der Waals surface area contributed by atoms with Gasteiger partial charge in [-0.1, -0.05) is 12.1 Å². The lowest BCUT2D eigenvalue weighted by molar-refractivity contribution is -0.154. The molecule has 0 unspecified atom stereocenters. The second kappa shape index (κ2) is 7.82. The second-order valence-electron chi connectivity index (χ2n) is 5.41. The van der Waals surface area contributed by atoms with Gasteiger partial charge in [0.2, 0.25) is 0 Å². The van der Waals surface area contributed by atoms with Crippen LogP contribution in [0.4, 0.5) is 0 Å². The van der Waals surface area contributed by atoms with Gasteiger partial charge in [0.15, 0.2) is 18.1 Å². The number of rotatable bonds is 7. The van der Waals surface area contributed by atoms with Gasteiger partial charge < -0.3 is 24.6 Å². The minimum atomic E-state index is -0.960. The van der Waals surface area contributed by atoms with Crippen molar-refractivity contribution >= 4 is 11.9 Å². The SMILES string of the molecule is COc1ccccc1OCC(=O)NCC1(C(=O)O)CCOCC1. The Kier molecular flexibility index (Phi) is 5.81. The molecule has 1 fully saturated rings. The smallest absolute Gasteiger partial charge is 0.311 e. The van der Waals surface area contributed by atoms with Crippen LogP contribution < -0.4 is 14.8 Å². The maximum Gasteiger partial charge on any atom is 0.311 e. The van der Waals surface area contributed by atoms with Gasteiger partial charge in [0.05, 0.1) is 12.5 Å². The monoisotopic (exact) mass is 323 g/mol. The van der Waals surface area contributed by atoms with E-state index in [1.807, 2.05) is 0 Å². The molecular weight excluding hydrogens is 302 g/mol. The summed E-state index contributed by atoms with van der Waals surface area (Å²) in [6, 6.07) is 7.00. The van der Waals surface area contributed by atoms with E-state index in [4.69, 9.17) is 14.2 Å². The summed E-state index contributed by atoms with van der Waals surface area (Å²) in [6.07, 6.45) is 0.770. The Morgan fingerprint density at radius 3 is 2.52 bits per heavy atom. The largest absolute Gasteiger partial charge is 0.493 e. The Bertz CT molecular complexity index is 553. The van der Waals surface area contributed by atoms with E-state index in [1.54, 1.807) is 24.3 Å². The molecule has 2 N–H and O–H groups in total. The number of nitrogens with one attached hydrogen (secondary N) is 1. The Hall–Kier alpha value is -2.28. The number of para-hydroxylation sites is 2. The summed E-state index contributed by atoms with van der Waals surface area (Å²) < 4.78 is 15.7. The molecule has 0 bridgehead atoms. The summed E-state index contributed by atoms with van der Waals surface area (Å²) in [5.41, 5.74) is -0.960. The van der Waals surface area contributed by atoms with Crippen LogP contribution in [0, 0.1) is 5.41 Å². The molecule has 1 aliphatic heterocycles. The number of aliphatic carboxylic acids is 1. The fourth-order valence-corrected chi connectivity index (χ4v) is 2.43. The average molecular weight is 323 g/mol. The third-order valence-corrected chi connectivity index (χ3v) is 3.96. The molecule has 0 spiro atoms. The van der Waals surface area contributed by atoms with Crippen LogP contribution in [0.2, 0.25) is 0 Å². The van der Waals surface area contributed by atoms with Gasteiger partial charge in [-0.2, -0.15) is 0 Å². The van der Waals surface area contributed by atoms with Crippen molar-refractivity contribution in [1.82, 2.24) is 5.32 Å². The van der Waals surface area contributed by atoms with Crippen molar-refractivity contribution in [2.75, 3.05) is 33.5 Å². The zero-order chi connectivity index (χ0) is 16.7. The van der Waals surface area contributed by atoms with Crippen molar-refractivity contribution in [2.45, 2.75) is 12.8 Å². The van der Waals surface area contributed by atoms with E-state index < -0.39 is 11.4 Å². The second-order valence-corrected chi connectivity index (χ2v) is 5.41. The Labute approximate surface area is 134 Å². The molecule has 126 valence electrons. The van der Waals surface area contributed by atoms with Gasteiger partial charge in [-0.05, 0) is 25.0 Å². The van der Waals surface area contributed by atoms with Gasteiger partial charge in [-0.15, -0.1) is 0 Å². The van der Waals surface area contributed by atoms with Crippen molar-refractivity contribution < 1.29 is 28.9 Å². The zero-order valence-corrected chi connectivity index (χ0v) is 13.0. The third-order valence-electron chi connectivity index (χ3n) is 3.96. The molecule has 7 nitrogen and oxygen atoms in total. The molecule has 7 heteroatoms. The average Bonchev–Trinajstić information content (AvgIpc) is 2.59. The van der Waals surface area contributed by atoms with Gasteiger partial charge in [0.25, 0.3) is 5.91 Å². The number of carboxylic acid groups (broad SMARTS) is 1. The van der Waals surface area contributed by atoms with Crippen molar-refractivity contribution in [3.05, 3.63) is 24.3 Å².